The maximum absolute atomic E-state index is 2.34. The van der Waals surface area contributed by atoms with Crippen molar-refractivity contribution in [2.24, 2.45) is 0 Å². The molecule has 0 saturated carbocycles. The molecule has 2 aromatic heterocycles. The van der Waals surface area contributed by atoms with Crippen molar-refractivity contribution in [2.45, 2.75) is 46.4 Å². The Kier molecular flexibility index (Phi) is 3.83. The summed E-state index contributed by atoms with van der Waals surface area (Å²) in [5.41, 5.74) is 5.10. The lowest BCUT2D eigenvalue weighted by atomic mass is 10.3. The van der Waals surface area contributed by atoms with Crippen LogP contribution in [0, 0.1) is 0 Å². The lowest BCUT2D eigenvalue weighted by molar-refractivity contribution is -0.891. The second-order valence-electron chi connectivity index (χ2n) is 7.29. The van der Waals surface area contributed by atoms with E-state index < -0.39 is 0 Å². The smallest absolute Gasteiger partial charge is 0.228 e. The minimum Gasteiger partial charge on any atom is -0.228 e. The number of imidazole rings is 2. The summed E-state index contributed by atoms with van der Waals surface area (Å²) in [5.74, 6) is 0. The molecule has 0 radical (unpaired) electrons. The molecule has 25 heavy (non-hydrogen) atoms. The monoisotopic (exact) mass is 334 g/mol. The normalized spacial score (nSPS) is 12.1. The average molecular weight is 334 g/mol. The predicted molar refractivity (Wildman–Crippen MR) is 100 cm³/mol. The molecule has 0 N–H and O–H groups in total. The number of aromatic nitrogens is 4. The van der Waals surface area contributed by atoms with Crippen LogP contribution in [0.1, 0.15) is 39.8 Å². The third-order valence-corrected chi connectivity index (χ3v) is 4.88. The van der Waals surface area contributed by atoms with Gasteiger partial charge in [0.2, 0.25) is 19.3 Å². The Morgan fingerprint density at radius 3 is 1.48 bits per heavy atom. The Morgan fingerprint density at radius 2 is 1.08 bits per heavy atom. The molecule has 0 unspecified atom stereocenters. The van der Waals surface area contributed by atoms with Crippen LogP contribution in [0.2, 0.25) is 0 Å². The minimum atomic E-state index is 0.438. The van der Waals surface area contributed by atoms with E-state index in [1.165, 1.54) is 22.1 Å². The summed E-state index contributed by atoms with van der Waals surface area (Å²) in [6.45, 7) is 9.73. The number of para-hydroxylation sites is 4. The van der Waals surface area contributed by atoms with Gasteiger partial charge in [-0.1, -0.05) is 24.3 Å². The van der Waals surface area contributed by atoms with Gasteiger partial charge >= 0.3 is 0 Å². The Hall–Kier alpha value is -2.62. The number of rotatable bonds is 4. The van der Waals surface area contributed by atoms with Crippen LogP contribution in [0.4, 0.5) is 0 Å². The predicted octanol–water partition coefficient (Wildman–Crippen LogP) is 3.84. The fourth-order valence-electron chi connectivity index (χ4n) is 3.61. The first-order valence-electron chi connectivity index (χ1n) is 9.04. The number of hydrogen-bond acceptors (Lipinski definition) is 0. The Balaban J connectivity index is 1.86. The van der Waals surface area contributed by atoms with E-state index in [2.05, 4.69) is 107 Å². The Bertz CT molecular complexity index is 953. The van der Waals surface area contributed by atoms with Crippen molar-refractivity contribution in [1.29, 1.82) is 0 Å². The second kappa shape index (κ2) is 6.03. The first-order valence-corrected chi connectivity index (χ1v) is 9.04. The van der Waals surface area contributed by atoms with Gasteiger partial charge in [-0.15, -0.1) is 0 Å². The summed E-state index contributed by atoms with van der Waals surface area (Å²) >= 11 is 0. The zero-order valence-electron chi connectivity index (χ0n) is 15.4. The molecule has 0 bridgehead atoms. The summed E-state index contributed by atoms with van der Waals surface area (Å²) in [7, 11) is 0. The highest BCUT2D eigenvalue weighted by molar-refractivity contribution is 5.72. The first-order chi connectivity index (χ1) is 12.1. The molecule has 0 saturated heterocycles. The highest BCUT2D eigenvalue weighted by Gasteiger charge is 2.22. The van der Waals surface area contributed by atoms with Crippen LogP contribution in [0.3, 0.4) is 0 Å². The van der Waals surface area contributed by atoms with Crippen molar-refractivity contribution >= 4 is 22.1 Å². The zero-order valence-corrected chi connectivity index (χ0v) is 15.4. The molecular weight excluding hydrogens is 308 g/mol. The van der Waals surface area contributed by atoms with E-state index >= 15 is 0 Å². The van der Waals surface area contributed by atoms with Crippen LogP contribution in [-0.2, 0) is 6.67 Å². The summed E-state index contributed by atoms with van der Waals surface area (Å²) < 4.78 is 9.37. The summed E-state index contributed by atoms with van der Waals surface area (Å²) in [4.78, 5) is 0. The van der Waals surface area contributed by atoms with Gasteiger partial charge < -0.3 is 0 Å². The van der Waals surface area contributed by atoms with Crippen molar-refractivity contribution in [1.82, 2.24) is 9.13 Å². The topological polar surface area (TPSA) is 17.6 Å². The van der Waals surface area contributed by atoms with Gasteiger partial charge in [0.15, 0.2) is 22.1 Å². The lowest BCUT2D eigenvalue weighted by Crippen LogP contribution is -2.50. The lowest BCUT2D eigenvalue weighted by Gasteiger charge is -1.99. The van der Waals surface area contributed by atoms with E-state index in [0.717, 1.165) is 6.67 Å². The largest absolute Gasteiger partial charge is 0.248 e. The van der Waals surface area contributed by atoms with Gasteiger partial charge in [-0.2, -0.15) is 9.13 Å². The summed E-state index contributed by atoms with van der Waals surface area (Å²) in [5, 5.41) is 0. The van der Waals surface area contributed by atoms with Crippen molar-refractivity contribution in [3.05, 3.63) is 61.2 Å². The van der Waals surface area contributed by atoms with Crippen molar-refractivity contribution in [3.8, 4) is 0 Å². The van der Waals surface area contributed by atoms with Crippen molar-refractivity contribution in [3.63, 3.8) is 0 Å². The van der Waals surface area contributed by atoms with Crippen LogP contribution in [0.15, 0.2) is 61.2 Å². The number of hydrogen-bond donors (Lipinski definition) is 0. The molecule has 4 rings (SSSR count). The third kappa shape index (κ3) is 2.62. The molecular formula is C21H26N4+2. The first kappa shape index (κ1) is 15.9. The minimum absolute atomic E-state index is 0.438. The second-order valence-corrected chi connectivity index (χ2v) is 7.29. The molecule has 0 fully saturated rings. The quantitative estimate of drug-likeness (QED) is 0.505. The maximum atomic E-state index is 2.34. The van der Waals surface area contributed by atoms with Crippen LogP contribution < -0.4 is 9.13 Å². The van der Waals surface area contributed by atoms with Gasteiger partial charge in [-0.3, -0.25) is 0 Å². The molecule has 0 atom stereocenters. The molecule has 0 amide bonds. The molecule has 128 valence electrons. The SMILES string of the molecule is CC(C)n1c[n+](C[n+]2cn(C(C)C)c3ccccc32)c2ccccc21. The van der Waals surface area contributed by atoms with Crippen LogP contribution in [0.5, 0.6) is 0 Å². The van der Waals surface area contributed by atoms with Crippen molar-refractivity contribution in [2.75, 3.05) is 0 Å². The van der Waals surface area contributed by atoms with E-state index in [-0.39, 0.29) is 0 Å². The molecule has 2 heterocycles. The van der Waals surface area contributed by atoms with Gasteiger partial charge in [0.1, 0.15) is 0 Å². The molecule has 0 aliphatic carbocycles. The third-order valence-electron chi connectivity index (χ3n) is 4.88. The van der Waals surface area contributed by atoms with Gasteiger partial charge in [0, 0.05) is 0 Å². The fourth-order valence-corrected chi connectivity index (χ4v) is 3.61. The number of nitrogens with zero attached hydrogens (tertiary/aromatic N) is 4. The highest BCUT2D eigenvalue weighted by atomic mass is 15.3. The molecule has 0 aliphatic rings. The van der Waals surface area contributed by atoms with Crippen LogP contribution in [-0.4, -0.2) is 9.13 Å². The van der Waals surface area contributed by atoms with Crippen LogP contribution in [0.25, 0.3) is 22.1 Å². The van der Waals surface area contributed by atoms with Crippen LogP contribution >= 0.6 is 0 Å². The maximum Gasteiger partial charge on any atom is 0.248 e. The standard InChI is InChI=1S/C21H26N4/c1-16(2)24-14-22(18-9-5-7-11-20(18)24)13-23-15-25(17(3)4)21-12-8-6-10-19(21)23/h5-12,14-17H,13H2,1-4H3/q+2. The zero-order chi connectivity index (χ0) is 17.6. The van der Waals surface area contributed by atoms with E-state index in [9.17, 15) is 0 Å². The number of fused-ring (bicyclic) bond motifs is 2. The molecule has 4 aromatic rings. The number of benzene rings is 2. The fraction of sp³-hybridized carbons (Fsp3) is 0.333. The van der Waals surface area contributed by atoms with Gasteiger partial charge in [-0.25, -0.2) is 9.13 Å². The summed E-state index contributed by atoms with van der Waals surface area (Å²) in [6.07, 6.45) is 4.48. The molecule has 0 aliphatic heterocycles. The summed E-state index contributed by atoms with van der Waals surface area (Å²) in [6, 6.07) is 18.2. The molecule has 4 nitrogen and oxygen atoms in total. The van der Waals surface area contributed by atoms with Gasteiger partial charge in [0.05, 0.1) is 12.1 Å². The molecule has 2 aromatic carbocycles. The van der Waals surface area contributed by atoms with E-state index in [0.29, 0.717) is 12.1 Å². The molecule has 4 heteroatoms. The van der Waals surface area contributed by atoms with E-state index in [4.69, 9.17) is 0 Å². The van der Waals surface area contributed by atoms with Gasteiger partial charge in [-0.05, 0) is 52.0 Å². The molecule has 0 spiro atoms. The van der Waals surface area contributed by atoms with E-state index in [1.807, 2.05) is 0 Å². The highest BCUT2D eigenvalue weighted by Crippen LogP contribution is 2.17. The van der Waals surface area contributed by atoms with Gasteiger partial charge in [0.25, 0.3) is 0 Å². The Labute approximate surface area is 148 Å². The Morgan fingerprint density at radius 1 is 0.680 bits per heavy atom. The average Bonchev–Trinajstić information content (AvgIpc) is 3.15. The van der Waals surface area contributed by atoms with E-state index in [1.54, 1.807) is 0 Å². The van der Waals surface area contributed by atoms with Crippen molar-refractivity contribution < 1.29 is 9.13 Å².